The van der Waals surface area contributed by atoms with Gasteiger partial charge in [0.25, 0.3) is 6.01 Å². The third kappa shape index (κ3) is 4.86. The van der Waals surface area contributed by atoms with E-state index < -0.39 is 0 Å². The van der Waals surface area contributed by atoms with E-state index in [9.17, 15) is 0 Å². The van der Waals surface area contributed by atoms with Crippen LogP contribution in [0.2, 0.25) is 0 Å². The van der Waals surface area contributed by atoms with Crippen molar-refractivity contribution in [3.05, 3.63) is 12.0 Å². The van der Waals surface area contributed by atoms with Crippen LogP contribution in [0, 0.1) is 5.92 Å². The van der Waals surface area contributed by atoms with Crippen LogP contribution in [0.5, 0.6) is 0 Å². The minimum atomic E-state index is 0.507. The first-order valence-corrected chi connectivity index (χ1v) is 7.54. The second-order valence-electron chi connectivity index (χ2n) is 5.42. The van der Waals surface area contributed by atoms with Crippen molar-refractivity contribution in [2.45, 2.75) is 60.0 Å². The lowest BCUT2D eigenvalue weighted by Crippen LogP contribution is -2.37. The van der Waals surface area contributed by atoms with Crippen LogP contribution < -0.4 is 10.2 Å². The van der Waals surface area contributed by atoms with Gasteiger partial charge in [0.1, 0.15) is 6.26 Å². The first-order valence-electron chi connectivity index (χ1n) is 7.54. The van der Waals surface area contributed by atoms with E-state index in [1.165, 1.54) is 0 Å². The van der Waals surface area contributed by atoms with Crippen LogP contribution >= 0.6 is 0 Å². The van der Waals surface area contributed by atoms with E-state index in [4.69, 9.17) is 4.42 Å². The average molecular weight is 267 g/mol. The van der Waals surface area contributed by atoms with Crippen molar-refractivity contribution < 1.29 is 4.42 Å². The summed E-state index contributed by atoms with van der Waals surface area (Å²) in [5.41, 5.74) is 0.983. The summed E-state index contributed by atoms with van der Waals surface area (Å²) in [5, 5.41) is 3.27. The molecule has 0 saturated carbocycles. The quantitative estimate of drug-likeness (QED) is 0.744. The SMILES string of the molecule is CCNCc1coc(N(CC(C)C)C(CC)CC)n1. The Hall–Kier alpha value is -1.03. The van der Waals surface area contributed by atoms with E-state index in [0.717, 1.165) is 44.2 Å². The van der Waals surface area contributed by atoms with Gasteiger partial charge in [-0.15, -0.1) is 0 Å². The predicted octanol–water partition coefficient (Wildman–Crippen LogP) is 3.44. The third-order valence-corrected chi connectivity index (χ3v) is 3.29. The molecule has 4 heteroatoms. The van der Waals surface area contributed by atoms with Crippen LogP contribution in [0.3, 0.4) is 0 Å². The molecule has 0 aromatic carbocycles. The summed E-state index contributed by atoms with van der Waals surface area (Å²) in [6, 6.07) is 1.28. The summed E-state index contributed by atoms with van der Waals surface area (Å²) in [6.45, 7) is 13.7. The zero-order chi connectivity index (χ0) is 14.3. The highest BCUT2D eigenvalue weighted by molar-refractivity contribution is 5.29. The topological polar surface area (TPSA) is 41.3 Å². The van der Waals surface area contributed by atoms with E-state index in [-0.39, 0.29) is 0 Å². The van der Waals surface area contributed by atoms with Crippen LogP contribution in [-0.4, -0.2) is 24.1 Å². The fourth-order valence-corrected chi connectivity index (χ4v) is 2.27. The van der Waals surface area contributed by atoms with Crippen molar-refractivity contribution in [1.82, 2.24) is 10.3 Å². The monoisotopic (exact) mass is 267 g/mol. The second kappa shape index (κ2) is 8.20. The number of aromatic nitrogens is 1. The van der Waals surface area contributed by atoms with Gasteiger partial charge < -0.3 is 14.6 Å². The van der Waals surface area contributed by atoms with E-state index in [1.54, 1.807) is 6.26 Å². The second-order valence-corrected chi connectivity index (χ2v) is 5.42. The Morgan fingerprint density at radius 3 is 2.47 bits per heavy atom. The van der Waals surface area contributed by atoms with Crippen LogP contribution in [0.4, 0.5) is 6.01 Å². The van der Waals surface area contributed by atoms with E-state index in [2.05, 4.69) is 49.8 Å². The van der Waals surface area contributed by atoms with Gasteiger partial charge in [-0.2, -0.15) is 4.98 Å². The summed E-state index contributed by atoms with van der Waals surface area (Å²) < 4.78 is 5.68. The van der Waals surface area contributed by atoms with E-state index in [1.807, 2.05) is 0 Å². The molecule has 0 fully saturated rings. The van der Waals surface area contributed by atoms with E-state index in [0.29, 0.717) is 12.0 Å². The van der Waals surface area contributed by atoms with Gasteiger partial charge in [-0.1, -0.05) is 34.6 Å². The largest absolute Gasteiger partial charge is 0.432 e. The summed E-state index contributed by atoms with van der Waals surface area (Å²) in [7, 11) is 0. The normalized spacial score (nSPS) is 11.5. The molecule has 0 aliphatic carbocycles. The third-order valence-electron chi connectivity index (χ3n) is 3.29. The molecule has 1 aromatic heterocycles. The molecule has 0 bridgehead atoms. The maximum atomic E-state index is 5.68. The molecule has 0 spiro atoms. The number of hydrogen-bond donors (Lipinski definition) is 1. The van der Waals surface area contributed by atoms with Crippen molar-refractivity contribution in [3.8, 4) is 0 Å². The molecule has 0 amide bonds. The standard InChI is InChI=1S/C15H29N3O/c1-6-14(7-2)18(10-12(4)5)15-17-13(11-19-15)9-16-8-3/h11-12,14,16H,6-10H2,1-5H3. The molecule has 19 heavy (non-hydrogen) atoms. The fourth-order valence-electron chi connectivity index (χ4n) is 2.27. The number of nitrogens with zero attached hydrogens (tertiary/aromatic N) is 2. The predicted molar refractivity (Wildman–Crippen MR) is 80.4 cm³/mol. The highest BCUT2D eigenvalue weighted by atomic mass is 16.4. The van der Waals surface area contributed by atoms with Gasteiger partial charge in [-0.05, 0) is 25.3 Å². The highest BCUT2D eigenvalue weighted by Gasteiger charge is 2.21. The van der Waals surface area contributed by atoms with Crippen molar-refractivity contribution in [3.63, 3.8) is 0 Å². The van der Waals surface area contributed by atoms with Crippen molar-refractivity contribution >= 4 is 6.01 Å². The van der Waals surface area contributed by atoms with Gasteiger partial charge in [-0.3, -0.25) is 0 Å². The average Bonchev–Trinajstić information content (AvgIpc) is 2.84. The molecule has 4 nitrogen and oxygen atoms in total. The lowest BCUT2D eigenvalue weighted by molar-refractivity contribution is 0.447. The Labute approximate surface area is 117 Å². The lowest BCUT2D eigenvalue weighted by Gasteiger charge is -2.30. The van der Waals surface area contributed by atoms with Gasteiger partial charge in [0, 0.05) is 19.1 Å². The zero-order valence-electron chi connectivity index (χ0n) is 13.1. The maximum Gasteiger partial charge on any atom is 0.297 e. The van der Waals surface area contributed by atoms with Gasteiger partial charge in [0.15, 0.2) is 0 Å². The Bertz CT molecular complexity index is 345. The molecule has 0 unspecified atom stereocenters. The van der Waals surface area contributed by atoms with Crippen molar-refractivity contribution in [2.24, 2.45) is 5.92 Å². The molecule has 1 aromatic rings. The Balaban J connectivity index is 2.81. The number of anilines is 1. The molecule has 0 aliphatic heterocycles. The molecule has 1 rings (SSSR count). The highest BCUT2D eigenvalue weighted by Crippen LogP contribution is 2.21. The molecule has 110 valence electrons. The van der Waals surface area contributed by atoms with Crippen LogP contribution in [0.15, 0.2) is 10.7 Å². The molecular formula is C15H29N3O. The Kier molecular flexibility index (Phi) is 6.92. The van der Waals surface area contributed by atoms with E-state index >= 15 is 0 Å². The smallest absolute Gasteiger partial charge is 0.297 e. The number of nitrogens with one attached hydrogen (secondary N) is 1. The first-order chi connectivity index (χ1) is 9.12. The number of rotatable bonds is 9. The van der Waals surface area contributed by atoms with Gasteiger partial charge in [0.05, 0.1) is 5.69 Å². The first kappa shape index (κ1) is 16.0. The molecule has 1 N–H and O–H groups in total. The Morgan fingerprint density at radius 2 is 1.95 bits per heavy atom. The maximum absolute atomic E-state index is 5.68. The lowest BCUT2D eigenvalue weighted by atomic mass is 10.1. The van der Waals surface area contributed by atoms with Crippen LogP contribution in [0.25, 0.3) is 0 Å². The Morgan fingerprint density at radius 1 is 1.26 bits per heavy atom. The number of hydrogen-bond acceptors (Lipinski definition) is 4. The summed E-state index contributed by atoms with van der Waals surface area (Å²) in [4.78, 5) is 6.93. The van der Waals surface area contributed by atoms with Crippen molar-refractivity contribution in [2.75, 3.05) is 18.0 Å². The minimum Gasteiger partial charge on any atom is -0.432 e. The van der Waals surface area contributed by atoms with Gasteiger partial charge in [-0.25, -0.2) is 0 Å². The van der Waals surface area contributed by atoms with Crippen LogP contribution in [0.1, 0.15) is 53.2 Å². The zero-order valence-corrected chi connectivity index (χ0v) is 13.1. The fraction of sp³-hybridized carbons (Fsp3) is 0.800. The molecule has 0 radical (unpaired) electrons. The van der Waals surface area contributed by atoms with Gasteiger partial charge in [0.2, 0.25) is 0 Å². The molecule has 0 saturated heterocycles. The summed E-state index contributed by atoms with van der Waals surface area (Å²) in [5.74, 6) is 0.602. The molecule has 0 aliphatic rings. The molecule has 1 heterocycles. The number of oxazole rings is 1. The summed E-state index contributed by atoms with van der Waals surface area (Å²) in [6.07, 6.45) is 4.01. The molecule has 0 atom stereocenters. The minimum absolute atomic E-state index is 0.507. The van der Waals surface area contributed by atoms with Crippen molar-refractivity contribution in [1.29, 1.82) is 0 Å². The summed E-state index contributed by atoms with van der Waals surface area (Å²) >= 11 is 0. The molecular weight excluding hydrogens is 238 g/mol. The van der Waals surface area contributed by atoms with Gasteiger partial charge >= 0.3 is 0 Å². The van der Waals surface area contributed by atoms with Crippen LogP contribution in [-0.2, 0) is 6.54 Å².